The van der Waals surface area contributed by atoms with Crippen LogP contribution >= 0.6 is 0 Å². The molecule has 0 aromatic rings. The van der Waals surface area contributed by atoms with Crippen molar-refractivity contribution in [3.8, 4) is 23.7 Å². The molecule has 2 N–H and O–H groups in total. The van der Waals surface area contributed by atoms with E-state index >= 15 is 0 Å². The molecular formula is C22H38O4Si2. The standard InChI is InChI=1S/C22H38O4Si2/c1-21(2,3)27(7,8)25-17-15-13-11-12-14-16-18(20(24)19(17)23)26-28(9,10)22(4,5)6/h11-12,17-20,23-24H,1-10H3/b12-11+/t17-,18-,19+,20+/m1/s1. The van der Waals surface area contributed by atoms with Crippen molar-refractivity contribution in [2.75, 3.05) is 0 Å². The Morgan fingerprint density at radius 2 is 0.964 bits per heavy atom. The van der Waals surface area contributed by atoms with Crippen LogP contribution in [0.2, 0.25) is 36.3 Å². The highest BCUT2D eigenvalue weighted by molar-refractivity contribution is 6.74. The molecule has 4 nitrogen and oxygen atoms in total. The third-order valence-electron chi connectivity index (χ3n) is 6.13. The van der Waals surface area contributed by atoms with Gasteiger partial charge in [0.05, 0.1) is 0 Å². The minimum atomic E-state index is -2.20. The van der Waals surface area contributed by atoms with Crippen LogP contribution in [0.5, 0.6) is 0 Å². The number of hydrogen-bond donors (Lipinski definition) is 2. The third kappa shape index (κ3) is 6.32. The molecule has 0 fully saturated rings. The second-order valence-corrected chi connectivity index (χ2v) is 20.0. The van der Waals surface area contributed by atoms with Crippen LogP contribution in [-0.4, -0.2) is 51.3 Å². The molecule has 0 aromatic heterocycles. The molecule has 1 aliphatic rings. The first-order chi connectivity index (χ1) is 12.5. The van der Waals surface area contributed by atoms with Crippen LogP contribution in [0.3, 0.4) is 0 Å². The zero-order valence-electron chi connectivity index (χ0n) is 19.2. The smallest absolute Gasteiger partial charge is 0.193 e. The van der Waals surface area contributed by atoms with Crippen LogP contribution in [-0.2, 0) is 8.85 Å². The Balaban J connectivity index is 3.22. The summed E-state index contributed by atoms with van der Waals surface area (Å²) in [5, 5.41) is 21.8. The van der Waals surface area contributed by atoms with Gasteiger partial charge in [0.1, 0.15) is 24.4 Å². The number of rotatable bonds is 4. The van der Waals surface area contributed by atoms with Gasteiger partial charge in [-0.3, -0.25) is 0 Å². The summed E-state index contributed by atoms with van der Waals surface area (Å²) < 4.78 is 12.7. The van der Waals surface area contributed by atoms with Crippen molar-refractivity contribution in [2.24, 2.45) is 0 Å². The second-order valence-electron chi connectivity index (χ2n) is 10.5. The van der Waals surface area contributed by atoms with Crippen LogP contribution in [0.25, 0.3) is 0 Å². The molecule has 0 amide bonds. The van der Waals surface area contributed by atoms with Crippen LogP contribution in [0.1, 0.15) is 41.5 Å². The monoisotopic (exact) mass is 422 g/mol. The molecule has 0 aromatic carbocycles. The van der Waals surface area contributed by atoms with Gasteiger partial charge in [0, 0.05) is 0 Å². The fraction of sp³-hybridized carbons (Fsp3) is 0.727. The van der Waals surface area contributed by atoms with E-state index in [4.69, 9.17) is 8.85 Å². The van der Waals surface area contributed by atoms with Crippen molar-refractivity contribution in [1.29, 1.82) is 0 Å². The summed E-state index contributed by atoms with van der Waals surface area (Å²) in [6.07, 6.45) is -0.739. The van der Waals surface area contributed by atoms with Crippen LogP contribution in [0.15, 0.2) is 12.2 Å². The number of aliphatic hydroxyl groups is 2. The predicted molar refractivity (Wildman–Crippen MR) is 121 cm³/mol. The van der Waals surface area contributed by atoms with Gasteiger partial charge < -0.3 is 19.1 Å². The topological polar surface area (TPSA) is 58.9 Å². The largest absolute Gasteiger partial charge is 0.401 e. The molecule has 0 bridgehead atoms. The van der Waals surface area contributed by atoms with Crippen molar-refractivity contribution in [1.82, 2.24) is 0 Å². The summed E-state index contributed by atoms with van der Waals surface area (Å²) in [4.78, 5) is 0. The lowest BCUT2D eigenvalue weighted by Gasteiger charge is -2.42. The first-order valence-corrected chi connectivity index (χ1v) is 15.7. The van der Waals surface area contributed by atoms with Gasteiger partial charge in [-0.15, -0.1) is 0 Å². The van der Waals surface area contributed by atoms with Crippen molar-refractivity contribution < 1.29 is 19.1 Å². The molecule has 4 atom stereocenters. The molecule has 1 aliphatic carbocycles. The lowest BCUT2D eigenvalue weighted by Crippen LogP contribution is -2.54. The van der Waals surface area contributed by atoms with E-state index in [1.807, 2.05) is 0 Å². The second kappa shape index (κ2) is 8.87. The molecule has 0 heterocycles. The predicted octanol–water partition coefficient (Wildman–Crippen LogP) is 4.07. The minimum Gasteiger partial charge on any atom is -0.401 e. The average molecular weight is 423 g/mol. The van der Waals surface area contributed by atoms with Gasteiger partial charge in [0.15, 0.2) is 16.6 Å². The van der Waals surface area contributed by atoms with Gasteiger partial charge in [0.2, 0.25) is 0 Å². The highest BCUT2D eigenvalue weighted by Crippen LogP contribution is 2.39. The van der Waals surface area contributed by atoms with E-state index in [1.54, 1.807) is 12.2 Å². The fourth-order valence-corrected chi connectivity index (χ4v) is 4.43. The Morgan fingerprint density at radius 3 is 1.21 bits per heavy atom. The number of hydrogen-bond acceptors (Lipinski definition) is 4. The minimum absolute atomic E-state index is 0.0403. The molecule has 0 spiro atoms. The van der Waals surface area contributed by atoms with Gasteiger partial charge >= 0.3 is 0 Å². The first kappa shape index (κ1) is 25.2. The first-order valence-electron chi connectivity index (χ1n) is 9.88. The molecular weight excluding hydrogens is 384 g/mol. The Bertz CT molecular complexity index is 630. The van der Waals surface area contributed by atoms with E-state index < -0.39 is 41.1 Å². The Hall–Kier alpha value is -0.866. The number of allylic oxidation sites excluding steroid dienone is 2. The van der Waals surface area contributed by atoms with Gasteiger partial charge in [-0.05, 0) is 48.4 Å². The van der Waals surface area contributed by atoms with E-state index in [2.05, 4.69) is 91.4 Å². The zero-order valence-corrected chi connectivity index (χ0v) is 21.2. The van der Waals surface area contributed by atoms with E-state index in [1.165, 1.54) is 0 Å². The summed E-state index contributed by atoms with van der Waals surface area (Å²) in [5.41, 5.74) is 0. The fourth-order valence-electron chi connectivity index (χ4n) is 2.06. The van der Waals surface area contributed by atoms with Gasteiger partial charge in [-0.1, -0.05) is 65.2 Å². The molecule has 0 aliphatic heterocycles. The summed E-state index contributed by atoms with van der Waals surface area (Å²) in [7, 11) is -4.39. The van der Waals surface area contributed by atoms with Gasteiger partial charge in [-0.2, -0.15) is 0 Å². The van der Waals surface area contributed by atoms with Crippen LogP contribution < -0.4 is 0 Å². The zero-order chi connectivity index (χ0) is 22.0. The maximum atomic E-state index is 10.9. The Labute approximate surface area is 174 Å². The van der Waals surface area contributed by atoms with Gasteiger partial charge in [-0.25, -0.2) is 0 Å². The Kier molecular flexibility index (Phi) is 7.98. The molecule has 0 radical (unpaired) electrons. The molecule has 6 heteroatoms. The molecule has 0 saturated heterocycles. The average Bonchev–Trinajstić information content (AvgIpc) is 2.51. The highest BCUT2D eigenvalue weighted by Gasteiger charge is 2.45. The maximum Gasteiger partial charge on any atom is 0.193 e. The Morgan fingerprint density at radius 1 is 0.679 bits per heavy atom. The van der Waals surface area contributed by atoms with E-state index in [0.717, 1.165) is 0 Å². The van der Waals surface area contributed by atoms with Crippen molar-refractivity contribution in [3.05, 3.63) is 12.2 Å². The molecule has 0 unspecified atom stereocenters. The molecule has 0 saturated carbocycles. The van der Waals surface area contributed by atoms with Crippen molar-refractivity contribution in [3.63, 3.8) is 0 Å². The maximum absolute atomic E-state index is 10.9. The summed E-state index contributed by atoms with van der Waals surface area (Å²) in [5.74, 6) is 11.7. The van der Waals surface area contributed by atoms with E-state index in [-0.39, 0.29) is 10.1 Å². The third-order valence-corrected chi connectivity index (χ3v) is 15.0. The number of aliphatic hydroxyl groups excluding tert-OH is 2. The van der Waals surface area contributed by atoms with Crippen molar-refractivity contribution >= 4 is 16.6 Å². The lowest BCUT2D eigenvalue weighted by molar-refractivity contribution is -0.0687. The SMILES string of the molecule is CC(C)(C)[Si](C)(C)O[C@@H]1C#C/C=C/C#C[C@@H](O[Si](C)(C)C(C)(C)C)[C@H](O)[C@H]1O. The summed E-state index contributed by atoms with van der Waals surface area (Å²) in [6, 6.07) is 0. The normalized spacial score (nSPS) is 27.9. The van der Waals surface area contributed by atoms with E-state index in [0.29, 0.717) is 0 Å². The molecule has 1 rings (SSSR count). The van der Waals surface area contributed by atoms with Crippen LogP contribution in [0, 0.1) is 23.7 Å². The highest BCUT2D eigenvalue weighted by atomic mass is 28.4. The molecule has 28 heavy (non-hydrogen) atoms. The van der Waals surface area contributed by atoms with Gasteiger partial charge in [0.25, 0.3) is 0 Å². The van der Waals surface area contributed by atoms with E-state index in [9.17, 15) is 10.2 Å². The lowest BCUT2D eigenvalue weighted by atomic mass is 10.0. The summed E-state index contributed by atoms with van der Waals surface area (Å²) in [6.45, 7) is 21.2. The quantitative estimate of drug-likeness (QED) is 0.530. The van der Waals surface area contributed by atoms with Crippen LogP contribution in [0.4, 0.5) is 0 Å². The summed E-state index contributed by atoms with van der Waals surface area (Å²) >= 11 is 0. The van der Waals surface area contributed by atoms with Crippen molar-refractivity contribution in [2.45, 2.75) is 102 Å². The molecule has 158 valence electrons.